The highest BCUT2D eigenvalue weighted by Gasteiger charge is 2.20. The van der Waals surface area contributed by atoms with E-state index < -0.39 is 0 Å². The summed E-state index contributed by atoms with van der Waals surface area (Å²) < 4.78 is 11.1. The van der Waals surface area contributed by atoms with Crippen LogP contribution in [0.4, 0.5) is 0 Å². The summed E-state index contributed by atoms with van der Waals surface area (Å²) >= 11 is 0. The maximum Gasteiger partial charge on any atom is 0.287 e. The van der Waals surface area contributed by atoms with Crippen molar-refractivity contribution in [3.8, 4) is 5.75 Å². The topological polar surface area (TPSA) is 51.5 Å². The van der Waals surface area contributed by atoms with Gasteiger partial charge in [-0.25, -0.2) is 0 Å². The second-order valence-electron chi connectivity index (χ2n) is 5.49. The standard InChI is InChI=1S/C19H19NO3/c1-12-14-8-4-7-11-17(14)23-18(12)19(21)20-13(2)15-9-5-6-10-16(15)22-3/h4-11,13H,1-3H3,(H,20,21)/t13-/m0/s1. The Morgan fingerprint density at radius 1 is 1.13 bits per heavy atom. The van der Waals surface area contributed by atoms with E-state index in [2.05, 4.69) is 5.32 Å². The van der Waals surface area contributed by atoms with Gasteiger partial charge in [0.05, 0.1) is 13.2 Å². The molecule has 1 heterocycles. The van der Waals surface area contributed by atoms with Gasteiger partial charge in [-0.15, -0.1) is 0 Å². The van der Waals surface area contributed by atoms with E-state index >= 15 is 0 Å². The van der Waals surface area contributed by atoms with Crippen molar-refractivity contribution in [3.63, 3.8) is 0 Å². The zero-order valence-corrected chi connectivity index (χ0v) is 13.4. The molecule has 0 aliphatic carbocycles. The number of rotatable bonds is 4. The first-order valence-corrected chi connectivity index (χ1v) is 7.53. The summed E-state index contributed by atoms with van der Waals surface area (Å²) in [5.41, 5.74) is 2.50. The molecule has 2 aromatic carbocycles. The van der Waals surface area contributed by atoms with Crippen LogP contribution in [0, 0.1) is 6.92 Å². The fourth-order valence-electron chi connectivity index (χ4n) is 2.75. The van der Waals surface area contributed by atoms with E-state index in [4.69, 9.17) is 9.15 Å². The number of para-hydroxylation sites is 2. The normalized spacial score (nSPS) is 12.1. The Hall–Kier alpha value is -2.75. The molecule has 0 aliphatic rings. The van der Waals surface area contributed by atoms with Crippen LogP contribution >= 0.6 is 0 Å². The molecule has 0 unspecified atom stereocenters. The van der Waals surface area contributed by atoms with E-state index in [-0.39, 0.29) is 11.9 Å². The number of hydrogen-bond acceptors (Lipinski definition) is 3. The van der Waals surface area contributed by atoms with Crippen LogP contribution in [-0.2, 0) is 0 Å². The van der Waals surface area contributed by atoms with E-state index in [0.717, 1.165) is 27.8 Å². The molecule has 3 aromatic rings. The molecule has 0 radical (unpaired) electrons. The molecule has 0 spiro atoms. The third-order valence-electron chi connectivity index (χ3n) is 4.00. The van der Waals surface area contributed by atoms with Gasteiger partial charge in [-0.05, 0) is 26.0 Å². The SMILES string of the molecule is COc1ccccc1[C@H](C)NC(=O)c1oc2ccccc2c1C. The minimum absolute atomic E-state index is 0.189. The molecule has 0 bridgehead atoms. The predicted molar refractivity (Wildman–Crippen MR) is 89.8 cm³/mol. The van der Waals surface area contributed by atoms with Crippen LogP contribution in [0.1, 0.15) is 34.6 Å². The van der Waals surface area contributed by atoms with Gasteiger partial charge < -0.3 is 14.5 Å². The quantitative estimate of drug-likeness (QED) is 0.784. The van der Waals surface area contributed by atoms with Gasteiger partial charge in [0.1, 0.15) is 11.3 Å². The van der Waals surface area contributed by atoms with Crippen molar-refractivity contribution >= 4 is 16.9 Å². The summed E-state index contributed by atoms with van der Waals surface area (Å²) in [4.78, 5) is 12.6. The van der Waals surface area contributed by atoms with Crippen LogP contribution in [-0.4, -0.2) is 13.0 Å². The molecule has 23 heavy (non-hydrogen) atoms. The molecule has 0 fully saturated rings. The van der Waals surface area contributed by atoms with Crippen molar-refractivity contribution in [2.75, 3.05) is 7.11 Å². The van der Waals surface area contributed by atoms with Gasteiger partial charge in [-0.1, -0.05) is 36.4 Å². The fourth-order valence-corrected chi connectivity index (χ4v) is 2.75. The number of furan rings is 1. The molecule has 1 aromatic heterocycles. The van der Waals surface area contributed by atoms with Gasteiger partial charge in [0.25, 0.3) is 5.91 Å². The molecule has 0 aliphatic heterocycles. The van der Waals surface area contributed by atoms with Crippen molar-refractivity contribution < 1.29 is 13.9 Å². The lowest BCUT2D eigenvalue weighted by Gasteiger charge is -2.16. The minimum atomic E-state index is -0.225. The summed E-state index contributed by atoms with van der Waals surface area (Å²) in [6.07, 6.45) is 0. The molecule has 4 heteroatoms. The van der Waals surface area contributed by atoms with Crippen LogP contribution in [0.5, 0.6) is 5.75 Å². The Kier molecular flexibility index (Phi) is 4.06. The zero-order valence-electron chi connectivity index (χ0n) is 13.4. The molecule has 4 nitrogen and oxygen atoms in total. The van der Waals surface area contributed by atoms with Gasteiger partial charge >= 0.3 is 0 Å². The van der Waals surface area contributed by atoms with Crippen molar-refractivity contribution in [1.82, 2.24) is 5.32 Å². The Morgan fingerprint density at radius 3 is 2.57 bits per heavy atom. The fraction of sp³-hybridized carbons (Fsp3) is 0.211. The molecule has 1 atom stereocenters. The Morgan fingerprint density at radius 2 is 1.83 bits per heavy atom. The van der Waals surface area contributed by atoms with Crippen LogP contribution in [0.25, 0.3) is 11.0 Å². The summed E-state index contributed by atoms with van der Waals surface area (Å²) in [7, 11) is 1.62. The number of ether oxygens (including phenoxy) is 1. The third kappa shape index (κ3) is 2.80. The first kappa shape index (κ1) is 15.2. The van der Waals surface area contributed by atoms with Crippen molar-refractivity contribution in [2.24, 2.45) is 0 Å². The van der Waals surface area contributed by atoms with E-state index in [1.807, 2.05) is 62.4 Å². The second kappa shape index (κ2) is 6.16. The third-order valence-corrected chi connectivity index (χ3v) is 4.00. The lowest BCUT2D eigenvalue weighted by molar-refractivity contribution is 0.0913. The number of methoxy groups -OCH3 is 1. The van der Waals surface area contributed by atoms with Crippen LogP contribution in [0.15, 0.2) is 52.9 Å². The van der Waals surface area contributed by atoms with E-state index in [9.17, 15) is 4.79 Å². The first-order chi connectivity index (χ1) is 11.1. The number of carbonyl (C=O) groups is 1. The average molecular weight is 309 g/mol. The molecule has 1 N–H and O–H groups in total. The maximum absolute atomic E-state index is 12.6. The first-order valence-electron chi connectivity index (χ1n) is 7.53. The number of amides is 1. The summed E-state index contributed by atoms with van der Waals surface area (Å²) in [6.45, 7) is 3.82. The Balaban J connectivity index is 1.87. The molecule has 3 rings (SSSR count). The highest BCUT2D eigenvalue weighted by Crippen LogP contribution is 2.27. The number of benzene rings is 2. The largest absolute Gasteiger partial charge is 0.496 e. The van der Waals surface area contributed by atoms with Crippen LogP contribution in [0.3, 0.4) is 0 Å². The van der Waals surface area contributed by atoms with Crippen LogP contribution in [0.2, 0.25) is 0 Å². The Labute approximate surface area is 135 Å². The molecular formula is C19H19NO3. The number of fused-ring (bicyclic) bond motifs is 1. The summed E-state index contributed by atoms with van der Waals surface area (Å²) in [6, 6.07) is 15.1. The van der Waals surface area contributed by atoms with Crippen molar-refractivity contribution in [3.05, 3.63) is 65.4 Å². The zero-order chi connectivity index (χ0) is 16.4. The molecule has 118 valence electrons. The second-order valence-corrected chi connectivity index (χ2v) is 5.49. The Bertz CT molecular complexity index is 851. The van der Waals surface area contributed by atoms with Crippen molar-refractivity contribution in [1.29, 1.82) is 0 Å². The van der Waals surface area contributed by atoms with Gasteiger partial charge in [-0.3, -0.25) is 4.79 Å². The van der Waals surface area contributed by atoms with Gasteiger partial charge in [0, 0.05) is 16.5 Å². The number of aryl methyl sites for hydroxylation is 1. The van der Waals surface area contributed by atoms with E-state index in [0.29, 0.717) is 5.76 Å². The monoisotopic (exact) mass is 309 g/mol. The lowest BCUT2D eigenvalue weighted by atomic mass is 10.1. The van der Waals surface area contributed by atoms with Gasteiger partial charge in [0.2, 0.25) is 0 Å². The molecule has 0 saturated carbocycles. The molecular weight excluding hydrogens is 290 g/mol. The molecule has 0 saturated heterocycles. The smallest absolute Gasteiger partial charge is 0.287 e. The highest BCUT2D eigenvalue weighted by atomic mass is 16.5. The lowest BCUT2D eigenvalue weighted by Crippen LogP contribution is -2.27. The highest BCUT2D eigenvalue weighted by molar-refractivity contribution is 5.99. The van der Waals surface area contributed by atoms with Crippen LogP contribution < -0.4 is 10.1 Å². The number of hydrogen-bond donors (Lipinski definition) is 1. The van der Waals surface area contributed by atoms with Gasteiger partial charge in [0.15, 0.2) is 5.76 Å². The van der Waals surface area contributed by atoms with E-state index in [1.54, 1.807) is 7.11 Å². The van der Waals surface area contributed by atoms with Crippen molar-refractivity contribution in [2.45, 2.75) is 19.9 Å². The number of nitrogens with one attached hydrogen (secondary N) is 1. The minimum Gasteiger partial charge on any atom is -0.496 e. The van der Waals surface area contributed by atoms with Gasteiger partial charge in [-0.2, -0.15) is 0 Å². The number of carbonyl (C=O) groups excluding carboxylic acids is 1. The molecule has 1 amide bonds. The summed E-state index contributed by atoms with van der Waals surface area (Å²) in [5.74, 6) is 0.881. The summed E-state index contributed by atoms with van der Waals surface area (Å²) in [5, 5.41) is 3.94. The average Bonchev–Trinajstić information content (AvgIpc) is 2.92. The predicted octanol–water partition coefficient (Wildman–Crippen LogP) is 4.24. The van der Waals surface area contributed by atoms with E-state index in [1.165, 1.54) is 0 Å². The maximum atomic E-state index is 12.6.